The van der Waals surface area contributed by atoms with Crippen molar-refractivity contribution in [3.8, 4) is 0 Å². The van der Waals surface area contributed by atoms with Gasteiger partial charge in [0.05, 0.1) is 4.90 Å². The summed E-state index contributed by atoms with van der Waals surface area (Å²) in [7, 11) is -3.56. The Hall–Kier alpha value is -2.51. The number of hydrogen-bond donors (Lipinski definition) is 2. The van der Waals surface area contributed by atoms with Crippen LogP contribution in [0, 0.1) is 0 Å². The van der Waals surface area contributed by atoms with Crippen LogP contribution in [0.25, 0.3) is 0 Å². The summed E-state index contributed by atoms with van der Waals surface area (Å²) in [6, 6.07) is 15.2. The number of amides is 1. The van der Waals surface area contributed by atoms with E-state index in [4.69, 9.17) is 0 Å². The van der Waals surface area contributed by atoms with Crippen LogP contribution in [0.3, 0.4) is 0 Å². The van der Waals surface area contributed by atoms with Crippen molar-refractivity contribution in [3.63, 3.8) is 0 Å². The average Bonchev–Trinajstić information content (AvgIpc) is 2.75. The first-order valence-corrected chi connectivity index (χ1v) is 11.9. The number of benzene rings is 2. The van der Waals surface area contributed by atoms with Gasteiger partial charge in [-0.15, -0.1) is 0 Å². The lowest BCUT2D eigenvalue weighted by Gasteiger charge is -2.22. The fraction of sp³-hybridized carbons (Fsp3) is 0.391. The van der Waals surface area contributed by atoms with Crippen LogP contribution in [0.15, 0.2) is 59.5 Å². The molecule has 2 N–H and O–H groups in total. The van der Waals surface area contributed by atoms with E-state index in [2.05, 4.69) is 10.0 Å². The van der Waals surface area contributed by atoms with Gasteiger partial charge in [-0.1, -0.05) is 49.6 Å². The third-order valence-electron chi connectivity index (χ3n) is 5.28. The molecule has 30 heavy (non-hydrogen) atoms. The molecule has 0 aromatic heterocycles. The van der Waals surface area contributed by atoms with Crippen molar-refractivity contribution in [1.82, 2.24) is 4.72 Å². The highest BCUT2D eigenvalue weighted by Gasteiger charge is 2.21. The molecule has 0 bridgehead atoms. The van der Waals surface area contributed by atoms with Crippen LogP contribution < -0.4 is 10.0 Å². The second kappa shape index (κ2) is 10.5. The summed E-state index contributed by atoms with van der Waals surface area (Å²) in [5, 5.41) is 2.75. The summed E-state index contributed by atoms with van der Waals surface area (Å²) in [5.41, 5.74) is 1.18. The molecule has 0 radical (unpaired) electrons. The Morgan fingerprint density at radius 2 is 1.53 bits per heavy atom. The molecule has 0 heterocycles. The van der Waals surface area contributed by atoms with E-state index in [-0.39, 0.29) is 29.0 Å². The highest BCUT2D eigenvalue weighted by molar-refractivity contribution is 7.89. The van der Waals surface area contributed by atoms with Gasteiger partial charge >= 0.3 is 0 Å². The van der Waals surface area contributed by atoms with Crippen LogP contribution in [-0.4, -0.2) is 26.2 Å². The SMILES string of the molecule is O=C(CCCC(=O)c1ccccc1)Nc1ccc(S(=O)(=O)NC2CCCCC2)cc1. The van der Waals surface area contributed by atoms with Gasteiger partial charge in [0.1, 0.15) is 0 Å². The molecule has 7 heteroatoms. The molecule has 0 spiro atoms. The van der Waals surface area contributed by atoms with E-state index in [0.717, 1.165) is 32.1 Å². The van der Waals surface area contributed by atoms with Crippen molar-refractivity contribution in [1.29, 1.82) is 0 Å². The van der Waals surface area contributed by atoms with Crippen LogP contribution in [0.5, 0.6) is 0 Å². The van der Waals surface area contributed by atoms with Crippen LogP contribution in [0.2, 0.25) is 0 Å². The number of carbonyl (C=O) groups excluding carboxylic acids is 2. The maximum absolute atomic E-state index is 12.5. The Kier molecular flexibility index (Phi) is 7.76. The summed E-state index contributed by atoms with van der Waals surface area (Å²) >= 11 is 0. The molecule has 2 aromatic carbocycles. The predicted octanol–water partition coefficient (Wildman–Crippen LogP) is 4.29. The Morgan fingerprint density at radius 1 is 0.867 bits per heavy atom. The highest BCUT2D eigenvalue weighted by atomic mass is 32.2. The molecule has 1 saturated carbocycles. The van der Waals surface area contributed by atoms with Gasteiger partial charge < -0.3 is 5.32 Å². The predicted molar refractivity (Wildman–Crippen MR) is 117 cm³/mol. The van der Waals surface area contributed by atoms with E-state index >= 15 is 0 Å². The third-order valence-corrected chi connectivity index (χ3v) is 6.82. The van der Waals surface area contributed by atoms with Crippen molar-refractivity contribution < 1.29 is 18.0 Å². The van der Waals surface area contributed by atoms with Gasteiger partial charge in [0.2, 0.25) is 15.9 Å². The number of carbonyl (C=O) groups is 2. The van der Waals surface area contributed by atoms with E-state index < -0.39 is 10.0 Å². The molecular weight excluding hydrogens is 400 g/mol. The molecule has 6 nitrogen and oxygen atoms in total. The monoisotopic (exact) mass is 428 g/mol. The van der Waals surface area contributed by atoms with Crippen molar-refractivity contribution in [3.05, 3.63) is 60.2 Å². The Balaban J connectivity index is 1.46. The molecule has 3 rings (SSSR count). The molecule has 1 aliphatic rings. The highest BCUT2D eigenvalue weighted by Crippen LogP contribution is 2.21. The average molecular weight is 429 g/mol. The zero-order chi connectivity index (χ0) is 21.4. The first-order valence-electron chi connectivity index (χ1n) is 10.4. The zero-order valence-corrected chi connectivity index (χ0v) is 17.8. The number of rotatable bonds is 9. The van der Waals surface area contributed by atoms with Crippen LogP contribution in [0.4, 0.5) is 5.69 Å². The Morgan fingerprint density at radius 3 is 2.20 bits per heavy atom. The van der Waals surface area contributed by atoms with Crippen molar-refractivity contribution in [2.75, 3.05) is 5.32 Å². The molecule has 1 aliphatic carbocycles. The summed E-state index contributed by atoms with van der Waals surface area (Å²) in [6.45, 7) is 0. The maximum atomic E-state index is 12.5. The van der Waals surface area contributed by atoms with E-state index in [9.17, 15) is 18.0 Å². The minimum Gasteiger partial charge on any atom is -0.326 e. The molecule has 1 fully saturated rings. The fourth-order valence-electron chi connectivity index (χ4n) is 3.63. The smallest absolute Gasteiger partial charge is 0.240 e. The van der Waals surface area contributed by atoms with E-state index in [1.54, 1.807) is 24.3 Å². The van der Waals surface area contributed by atoms with Crippen molar-refractivity contribution in [2.45, 2.75) is 62.3 Å². The molecule has 0 saturated heterocycles. The maximum Gasteiger partial charge on any atom is 0.240 e. The van der Waals surface area contributed by atoms with Crippen molar-refractivity contribution in [2.24, 2.45) is 0 Å². The third kappa shape index (κ3) is 6.50. The van der Waals surface area contributed by atoms with Gasteiger partial charge in [0, 0.05) is 30.1 Å². The number of sulfonamides is 1. The molecule has 0 aliphatic heterocycles. The van der Waals surface area contributed by atoms with E-state index in [1.807, 2.05) is 18.2 Å². The topological polar surface area (TPSA) is 92.3 Å². The zero-order valence-electron chi connectivity index (χ0n) is 17.0. The lowest BCUT2D eigenvalue weighted by Crippen LogP contribution is -2.36. The normalized spacial score (nSPS) is 14.9. The number of anilines is 1. The lowest BCUT2D eigenvalue weighted by molar-refractivity contribution is -0.116. The first-order chi connectivity index (χ1) is 14.4. The summed E-state index contributed by atoms with van der Waals surface area (Å²) in [4.78, 5) is 24.4. The summed E-state index contributed by atoms with van der Waals surface area (Å²) in [6.07, 6.45) is 6.00. The lowest BCUT2D eigenvalue weighted by atomic mass is 9.96. The number of Topliss-reactive ketones (excluding diaryl/α,β-unsaturated/α-hetero) is 1. The minimum absolute atomic E-state index is 0.00160. The van der Waals surface area contributed by atoms with Crippen LogP contribution >= 0.6 is 0 Å². The van der Waals surface area contributed by atoms with Gasteiger partial charge in [0.15, 0.2) is 5.78 Å². The van der Waals surface area contributed by atoms with Gasteiger partial charge in [-0.2, -0.15) is 0 Å². The summed E-state index contributed by atoms with van der Waals surface area (Å²) in [5.74, 6) is -0.185. The molecule has 160 valence electrons. The van der Waals surface area contributed by atoms with Crippen LogP contribution in [0.1, 0.15) is 61.7 Å². The standard InChI is InChI=1S/C23H28N2O4S/c26-22(18-8-3-1-4-9-18)12-7-13-23(27)24-19-14-16-21(17-15-19)30(28,29)25-20-10-5-2-6-11-20/h1,3-4,8-9,14-17,20,25H,2,5-7,10-13H2,(H,24,27). The number of ketones is 1. The molecule has 1 amide bonds. The minimum atomic E-state index is -3.56. The largest absolute Gasteiger partial charge is 0.326 e. The quantitative estimate of drug-likeness (QED) is 0.583. The first kappa shape index (κ1) is 22.2. The Bertz CT molecular complexity index is 950. The van der Waals surface area contributed by atoms with Gasteiger partial charge in [0.25, 0.3) is 0 Å². The number of hydrogen-bond acceptors (Lipinski definition) is 4. The second-order valence-electron chi connectivity index (χ2n) is 7.67. The fourth-order valence-corrected chi connectivity index (χ4v) is 4.93. The van der Waals surface area contributed by atoms with Gasteiger partial charge in [-0.25, -0.2) is 13.1 Å². The molecule has 0 atom stereocenters. The molecule has 2 aromatic rings. The van der Waals surface area contributed by atoms with Gasteiger partial charge in [-0.05, 0) is 43.5 Å². The molecule has 0 unspecified atom stereocenters. The van der Waals surface area contributed by atoms with E-state index in [1.165, 1.54) is 12.1 Å². The van der Waals surface area contributed by atoms with Crippen LogP contribution in [-0.2, 0) is 14.8 Å². The van der Waals surface area contributed by atoms with Crippen molar-refractivity contribution >= 4 is 27.4 Å². The second-order valence-corrected chi connectivity index (χ2v) is 9.39. The molecular formula is C23H28N2O4S. The number of nitrogens with one attached hydrogen (secondary N) is 2. The Labute approximate surface area is 178 Å². The van der Waals surface area contributed by atoms with E-state index in [0.29, 0.717) is 24.1 Å². The summed E-state index contributed by atoms with van der Waals surface area (Å²) < 4.78 is 27.8. The van der Waals surface area contributed by atoms with Gasteiger partial charge in [-0.3, -0.25) is 9.59 Å².